The lowest BCUT2D eigenvalue weighted by Crippen LogP contribution is -2.31. The van der Waals surface area contributed by atoms with Crippen LogP contribution in [-0.4, -0.2) is 33.9 Å². The summed E-state index contributed by atoms with van der Waals surface area (Å²) in [6.45, 7) is 5.71. The fourth-order valence-electron chi connectivity index (χ4n) is 2.72. The maximum atomic E-state index is 12.4. The van der Waals surface area contributed by atoms with Crippen molar-refractivity contribution in [1.29, 1.82) is 0 Å². The number of nitrogens with one attached hydrogen (secondary N) is 1. The minimum absolute atomic E-state index is 0.0971. The van der Waals surface area contributed by atoms with Crippen LogP contribution in [0.4, 0.5) is 11.6 Å². The second-order valence-corrected chi connectivity index (χ2v) is 6.17. The smallest absolute Gasteiger partial charge is 0.272 e. The van der Waals surface area contributed by atoms with Crippen LogP contribution in [0.1, 0.15) is 29.9 Å². The first-order chi connectivity index (χ1) is 13.7. The molecule has 0 aliphatic rings. The number of ether oxygens (including phenoxy) is 1. The van der Waals surface area contributed by atoms with Crippen molar-refractivity contribution >= 4 is 17.5 Å². The topological polar surface area (TPSA) is 67.4 Å². The van der Waals surface area contributed by atoms with Gasteiger partial charge in [0.2, 0.25) is 5.95 Å². The van der Waals surface area contributed by atoms with E-state index in [-0.39, 0.29) is 5.91 Å². The molecule has 0 aliphatic heterocycles. The number of amides is 1. The Morgan fingerprint density at radius 1 is 1.00 bits per heavy atom. The van der Waals surface area contributed by atoms with Crippen LogP contribution >= 0.6 is 0 Å². The van der Waals surface area contributed by atoms with Crippen LogP contribution in [0.2, 0.25) is 0 Å². The van der Waals surface area contributed by atoms with E-state index >= 15 is 0 Å². The molecule has 0 radical (unpaired) electrons. The number of hydrogen-bond acceptors (Lipinski definition) is 5. The molecule has 28 heavy (non-hydrogen) atoms. The van der Waals surface area contributed by atoms with Crippen LogP contribution in [0.15, 0.2) is 66.9 Å². The summed E-state index contributed by atoms with van der Waals surface area (Å²) in [7, 11) is 0. The summed E-state index contributed by atoms with van der Waals surface area (Å²) in [4.78, 5) is 22.7. The zero-order chi connectivity index (χ0) is 19.8. The van der Waals surface area contributed by atoms with Gasteiger partial charge in [-0.3, -0.25) is 4.79 Å². The fraction of sp³-hybridized carbons (Fsp3) is 0.227. The van der Waals surface area contributed by atoms with Crippen molar-refractivity contribution in [3.8, 4) is 5.75 Å². The Bertz CT molecular complexity index is 894. The monoisotopic (exact) mass is 376 g/mol. The largest absolute Gasteiger partial charge is 0.489 e. The minimum Gasteiger partial charge on any atom is -0.489 e. The Morgan fingerprint density at radius 3 is 2.39 bits per heavy atom. The third-order valence-corrected chi connectivity index (χ3v) is 4.28. The molecule has 2 aromatic carbocycles. The fourth-order valence-corrected chi connectivity index (χ4v) is 2.72. The zero-order valence-electron chi connectivity index (χ0n) is 16.1. The molecule has 1 amide bonds. The molecule has 0 spiro atoms. The van der Waals surface area contributed by atoms with E-state index in [9.17, 15) is 4.79 Å². The molecule has 0 unspecified atom stereocenters. The summed E-state index contributed by atoms with van der Waals surface area (Å²) >= 11 is 0. The van der Waals surface area contributed by atoms with E-state index in [0.29, 0.717) is 31.3 Å². The van der Waals surface area contributed by atoms with Crippen LogP contribution in [0, 0.1) is 0 Å². The molecule has 3 rings (SSSR count). The van der Waals surface area contributed by atoms with E-state index in [4.69, 9.17) is 4.74 Å². The average molecular weight is 376 g/mol. The van der Waals surface area contributed by atoms with E-state index in [1.807, 2.05) is 68.4 Å². The second kappa shape index (κ2) is 9.50. The average Bonchev–Trinajstić information content (AvgIpc) is 2.75. The molecule has 6 heteroatoms. The van der Waals surface area contributed by atoms with Gasteiger partial charge >= 0.3 is 0 Å². The van der Waals surface area contributed by atoms with Gasteiger partial charge in [-0.1, -0.05) is 30.3 Å². The SMILES string of the molecule is CCN(CC)C(=O)c1ccnc(Nc2ccc(OCc3ccccc3)cc2)n1. The Labute approximate surface area is 165 Å². The first-order valence-electron chi connectivity index (χ1n) is 9.35. The summed E-state index contributed by atoms with van der Waals surface area (Å²) in [6.07, 6.45) is 1.59. The molecule has 0 saturated carbocycles. The predicted octanol–water partition coefficient (Wildman–Crippen LogP) is 4.28. The van der Waals surface area contributed by atoms with Gasteiger partial charge in [0.05, 0.1) is 0 Å². The number of nitrogens with zero attached hydrogens (tertiary/aromatic N) is 3. The molecule has 0 fully saturated rings. The Morgan fingerprint density at radius 2 is 1.71 bits per heavy atom. The van der Waals surface area contributed by atoms with Gasteiger partial charge in [0.15, 0.2) is 0 Å². The number of carbonyl (C=O) groups excluding carboxylic acids is 1. The molecule has 1 aromatic heterocycles. The van der Waals surface area contributed by atoms with Gasteiger partial charge in [-0.2, -0.15) is 0 Å². The quantitative estimate of drug-likeness (QED) is 0.635. The molecular formula is C22H24N4O2. The lowest BCUT2D eigenvalue weighted by atomic mass is 10.2. The molecule has 6 nitrogen and oxygen atoms in total. The van der Waals surface area contributed by atoms with Crippen molar-refractivity contribution in [2.24, 2.45) is 0 Å². The number of benzene rings is 2. The van der Waals surface area contributed by atoms with Crippen LogP contribution in [0.3, 0.4) is 0 Å². The van der Waals surface area contributed by atoms with E-state index in [1.54, 1.807) is 17.2 Å². The Hall–Kier alpha value is -3.41. The van der Waals surface area contributed by atoms with Crippen molar-refractivity contribution in [2.75, 3.05) is 18.4 Å². The standard InChI is InChI=1S/C22H24N4O2/c1-3-26(4-2)21(27)20-14-15-23-22(25-20)24-18-10-12-19(13-11-18)28-16-17-8-6-5-7-9-17/h5-15H,3-4,16H2,1-2H3,(H,23,24,25). The Balaban J connectivity index is 1.62. The van der Waals surface area contributed by atoms with Crippen molar-refractivity contribution in [3.63, 3.8) is 0 Å². The number of carbonyl (C=O) groups is 1. The molecule has 1 heterocycles. The Kier molecular flexibility index (Phi) is 6.57. The highest BCUT2D eigenvalue weighted by molar-refractivity contribution is 5.92. The summed E-state index contributed by atoms with van der Waals surface area (Å²) in [5.74, 6) is 1.07. The van der Waals surface area contributed by atoms with Gasteiger partial charge in [0.25, 0.3) is 5.91 Å². The van der Waals surface area contributed by atoms with Gasteiger partial charge in [-0.05, 0) is 49.7 Å². The first-order valence-corrected chi connectivity index (χ1v) is 9.35. The maximum absolute atomic E-state index is 12.4. The molecular weight excluding hydrogens is 352 g/mol. The van der Waals surface area contributed by atoms with Crippen molar-refractivity contribution in [3.05, 3.63) is 78.1 Å². The van der Waals surface area contributed by atoms with Gasteiger partial charge in [0, 0.05) is 25.0 Å². The first kappa shape index (κ1) is 19.4. The maximum Gasteiger partial charge on any atom is 0.272 e. The number of rotatable bonds is 8. The van der Waals surface area contributed by atoms with Crippen molar-refractivity contribution < 1.29 is 9.53 Å². The van der Waals surface area contributed by atoms with Crippen molar-refractivity contribution in [2.45, 2.75) is 20.5 Å². The van der Waals surface area contributed by atoms with Crippen molar-refractivity contribution in [1.82, 2.24) is 14.9 Å². The van der Waals surface area contributed by atoms with Gasteiger partial charge in [-0.25, -0.2) is 9.97 Å². The number of hydrogen-bond donors (Lipinski definition) is 1. The minimum atomic E-state index is -0.0971. The van der Waals surface area contributed by atoms with Crippen LogP contribution in [-0.2, 0) is 6.61 Å². The predicted molar refractivity (Wildman–Crippen MR) is 110 cm³/mol. The van der Waals surface area contributed by atoms with Gasteiger partial charge in [-0.15, -0.1) is 0 Å². The summed E-state index contributed by atoms with van der Waals surface area (Å²) in [6, 6.07) is 19.2. The highest BCUT2D eigenvalue weighted by Crippen LogP contribution is 2.19. The normalized spacial score (nSPS) is 10.4. The molecule has 1 N–H and O–H groups in total. The molecule has 3 aromatic rings. The lowest BCUT2D eigenvalue weighted by Gasteiger charge is -2.18. The zero-order valence-corrected chi connectivity index (χ0v) is 16.1. The molecule has 0 aliphatic carbocycles. The van der Waals surface area contributed by atoms with E-state index in [2.05, 4.69) is 15.3 Å². The van der Waals surface area contributed by atoms with E-state index in [0.717, 1.165) is 17.0 Å². The van der Waals surface area contributed by atoms with Crippen LogP contribution in [0.5, 0.6) is 5.75 Å². The third-order valence-electron chi connectivity index (χ3n) is 4.28. The third kappa shape index (κ3) is 5.07. The van der Waals surface area contributed by atoms with Crippen LogP contribution in [0.25, 0.3) is 0 Å². The number of aromatic nitrogens is 2. The van der Waals surface area contributed by atoms with Gasteiger partial charge in [0.1, 0.15) is 18.1 Å². The molecule has 0 saturated heterocycles. The molecule has 144 valence electrons. The second-order valence-electron chi connectivity index (χ2n) is 6.17. The number of anilines is 2. The summed E-state index contributed by atoms with van der Waals surface area (Å²) in [5.41, 5.74) is 2.32. The highest BCUT2D eigenvalue weighted by Gasteiger charge is 2.14. The molecule has 0 bridgehead atoms. The van der Waals surface area contributed by atoms with Gasteiger partial charge < -0.3 is 15.0 Å². The summed E-state index contributed by atoms with van der Waals surface area (Å²) < 4.78 is 5.79. The molecule has 0 atom stereocenters. The lowest BCUT2D eigenvalue weighted by molar-refractivity contribution is 0.0767. The van der Waals surface area contributed by atoms with E-state index in [1.165, 1.54) is 0 Å². The highest BCUT2D eigenvalue weighted by atomic mass is 16.5. The van der Waals surface area contributed by atoms with Crippen LogP contribution < -0.4 is 10.1 Å². The van der Waals surface area contributed by atoms with E-state index < -0.39 is 0 Å². The summed E-state index contributed by atoms with van der Waals surface area (Å²) in [5, 5.41) is 3.13.